The van der Waals surface area contributed by atoms with E-state index >= 15 is 0 Å². The lowest BCUT2D eigenvalue weighted by molar-refractivity contribution is -0.140. The van der Waals surface area contributed by atoms with Crippen molar-refractivity contribution in [2.45, 2.75) is 48.3 Å². The van der Waals surface area contributed by atoms with Crippen LogP contribution in [-0.2, 0) is 21.8 Å². The molecule has 1 aromatic carbocycles. The third kappa shape index (κ3) is 3.59. The molecule has 2 saturated carbocycles. The Bertz CT molecular complexity index is 1410. The molecule has 5 aliphatic rings. The molecule has 204 valence electrons. The summed E-state index contributed by atoms with van der Waals surface area (Å²) in [6, 6.07) is 4.14. The first-order valence-corrected chi connectivity index (χ1v) is 14.1. The number of carbonyl (C=O) groups excluding carboxylic acids is 1. The number of hydrogen-bond acceptors (Lipinski definition) is 6. The van der Waals surface area contributed by atoms with Gasteiger partial charge in [-0.05, 0) is 37.8 Å². The largest absolute Gasteiger partial charge is 0.417 e. The molecule has 0 unspecified atom stereocenters. The van der Waals surface area contributed by atoms with Crippen LogP contribution in [-0.4, -0.2) is 88.1 Å². The molecule has 0 radical (unpaired) electrons. The van der Waals surface area contributed by atoms with E-state index in [0.29, 0.717) is 44.8 Å². The van der Waals surface area contributed by atoms with E-state index in [4.69, 9.17) is 0 Å². The highest BCUT2D eigenvalue weighted by molar-refractivity contribution is 7.89. The van der Waals surface area contributed by atoms with Crippen molar-refractivity contribution in [3.8, 4) is 0 Å². The number of alkyl halides is 3. The number of amides is 2. The molecule has 1 aromatic heterocycles. The molecule has 4 heterocycles. The van der Waals surface area contributed by atoms with Gasteiger partial charge in [-0.2, -0.15) is 17.5 Å². The molecule has 0 bridgehead atoms. The summed E-state index contributed by atoms with van der Waals surface area (Å²) in [5, 5.41) is 18.5. The number of carbonyl (C=O) groups is 1. The van der Waals surface area contributed by atoms with Crippen LogP contribution >= 0.6 is 0 Å². The fourth-order valence-electron chi connectivity index (χ4n) is 6.59. The van der Waals surface area contributed by atoms with E-state index in [1.54, 1.807) is 9.80 Å². The monoisotopic (exact) mass is 552 g/mol. The summed E-state index contributed by atoms with van der Waals surface area (Å²) in [6.07, 6.45) is -1.56. The number of nitrogens with one attached hydrogen (secondary N) is 1. The van der Waals surface area contributed by atoms with Crippen LogP contribution in [0.5, 0.6) is 0 Å². The number of halogens is 3. The van der Waals surface area contributed by atoms with E-state index in [9.17, 15) is 31.5 Å². The Morgan fingerprint density at radius 1 is 0.974 bits per heavy atom. The SMILES string of the molecule is O=C(N1CC2(CC(c3nnc(C4(O)CC4)[nH]3)C2)C1)N1CC2(C1)CN(S(=O)(=O)c1ccccc1C(F)(F)F)C2. The lowest BCUT2D eigenvalue weighted by Crippen LogP contribution is -2.76. The molecule has 0 atom stereocenters. The Balaban J connectivity index is 0.900. The van der Waals surface area contributed by atoms with Gasteiger partial charge in [-0.25, -0.2) is 13.2 Å². The smallest absolute Gasteiger partial charge is 0.382 e. The van der Waals surface area contributed by atoms with Crippen LogP contribution in [0.15, 0.2) is 29.2 Å². The van der Waals surface area contributed by atoms with Gasteiger partial charge >= 0.3 is 12.2 Å². The van der Waals surface area contributed by atoms with Crippen LogP contribution < -0.4 is 0 Å². The Morgan fingerprint density at radius 2 is 1.58 bits per heavy atom. The van der Waals surface area contributed by atoms with Crippen molar-refractivity contribution in [2.75, 3.05) is 39.3 Å². The summed E-state index contributed by atoms with van der Waals surface area (Å²) >= 11 is 0. The van der Waals surface area contributed by atoms with Gasteiger partial charge in [0.1, 0.15) is 11.4 Å². The van der Waals surface area contributed by atoms with Crippen molar-refractivity contribution in [2.24, 2.45) is 10.8 Å². The van der Waals surface area contributed by atoms with Crippen molar-refractivity contribution in [1.29, 1.82) is 0 Å². The van der Waals surface area contributed by atoms with Crippen LogP contribution in [0.3, 0.4) is 0 Å². The van der Waals surface area contributed by atoms with E-state index in [1.165, 1.54) is 12.1 Å². The summed E-state index contributed by atoms with van der Waals surface area (Å²) < 4.78 is 66.9. The summed E-state index contributed by atoms with van der Waals surface area (Å²) in [5.74, 6) is 1.58. The summed E-state index contributed by atoms with van der Waals surface area (Å²) in [6.45, 7) is 2.32. The number of sulfonamides is 1. The maximum absolute atomic E-state index is 13.3. The number of aromatic amines is 1. The molecule has 2 aromatic rings. The van der Waals surface area contributed by atoms with Crippen LogP contribution in [0.2, 0.25) is 0 Å². The zero-order chi connectivity index (χ0) is 26.7. The zero-order valence-corrected chi connectivity index (χ0v) is 21.2. The highest BCUT2D eigenvalue weighted by Gasteiger charge is 2.60. The van der Waals surface area contributed by atoms with Gasteiger partial charge in [0.2, 0.25) is 10.0 Å². The minimum absolute atomic E-state index is 0.0775. The van der Waals surface area contributed by atoms with Crippen LogP contribution in [0.25, 0.3) is 0 Å². The molecule has 14 heteroatoms. The predicted molar refractivity (Wildman–Crippen MR) is 125 cm³/mol. The number of rotatable bonds is 4. The molecule has 10 nitrogen and oxygen atoms in total. The third-order valence-corrected chi connectivity index (χ3v) is 10.7. The Morgan fingerprint density at radius 3 is 2.18 bits per heavy atom. The first-order chi connectivity index (χ1) is 17.8. The fraction of sp³-hybridized carbons (Fsp3) is 0.625. The first kappa shape index (κ1) is 24.3. The van der Waals surface area contributed by atoms with Crippen molar-refractivity contribution in [1.82, 2.24) is 29.3 Å². The first-order valence-electron chi connectivity index (χ1n) is 12.7. The lowest BCUT2D eigenvalue weighted by Gasteiger charge is -2.63. The maximum atomic E-state index is 13.3. The van der Waals surface area contributed by atoms with Gasteiger partial charge in [0.15, 0.2) is 5.82 Å². The summed E-state index contributed by atoms with van der Waals surface area (Å²) in [5.41, 5.74) is -2.31. The van der Waals surface area contributed by atoms with E-state index in [-0.39, 0.29) is 30.5 Å². The third-order valence-electron chi connectivity index (χ3n) is 8.89. The Kier molecular flexibility index (Phi) is 4.79. The number of nitrogens with zero attached hydrogens (tertiary/aromatic N) is 5. The number of H-pyrrole nitrogens is 1. The molecule has 5 fully saturated rings. The zero-order valence-electron chi connectivity index (χ0n) is 20.4. The minimum Gasteiger partial charge on any atom is -0.382 e. The number of benzene rings is 1. The summed E-state index contributed by atoms with van der Waals surface area (Å²) in [4.78, 5) is 18.9. The van der Waals surface area contributed by atoms with Crippen molar-refractivity contribution in [3.63, 3.8) is 0 Å². The van der Waals surface area contributed by atoms with Gasteiger partial charge in [-0.1, -0.05) is 12.1 Å². The normalized spacial score (nSPS) is 25.5. The number of urea groups is 1. The molecular formula is C24H27F3N6O4S. The van der Waals surface area contributed by atoms with Gasteiger partial charge in [-0.15, -0.1) is 10.2 Å². The summed E-state index contributed by atoms with van der Waals surface area (Å²) in [7, 11) is -4.28. The quantitative estimate of drug-likeness (QED) is 0.599. The highest BCUT2D eigenvalue weighted by Crippen LogP contribution is 2.56. The van der Waals surface area contributed by atoms with E-state index in [2.05, 4.69) is 15.2 Å². The number of aliphatic hydroxyl groups is 1. The molecule has 2 spiro atoms. The van der Waals surface area contributed by atoms with Gasteiger partial charge in [0, 0.05) is 56.0 Å². The van der Waals surface area contributed by atoms with Crippen molar-refractivity contribution >= 4 is 16.1 Å². The average molecular weight is 553 g/mol. The molecular weight excluding hydrogens is 525 g/mol. The van der Waals surface area contributed by atoms with Crippen LogP contribution in [0.1, 0.15) is 48.8 Å². The van der Waals surface area contributed by atoms with Gasteiger partial charge in [0.05, 0.1) is 10.5 Å². The second-order valence-corrected chi connectivity index (χ2v) is 13.9. The molecule has 2 N–H and O–H groups in total. The average Bonchev–Trinajstić information content (AvgIpc) is 3.30. The minimum atomic E-state index is -4.77. The second-order valence-electron chi connectivity index (χ2n) is 12.0. The molecule has 38 heavy (non-hydrogen) atoms. The number of likely N-dealkylation sites (tertiary alicyclic amines) is 2. The van der Waals surface area contributed by atoms with Gasteiger partial charge < -0.3 is 19.9 Å². The lowest BCUT2D eigenvalue weighted by atomic mass is 9.57. The van der Waals surface area contributed by atoms with E-state index < -0.39 is 37.7 Å². The molecule has 3 aliphatic heterocycles. The standard InChI is InChI=1S/C24H27F3N6O4S/c25-24(26,27)16-3-1-2-4-17(16)38(36,37)33-13-22(14-33)11-32(12-22)20(34)31-9-21(10-31)7-15(8-21)18-28-19(30-29-18)23(35)5-6-23/h1-4,15,35H,5-14H2,(H,28,29,30). The van der Waals surface area contributed by atoms with Crippen LogP contribution in [0, 0.1) is 10.8 Å². The van der Waals surface area contributed by atoms with Gasteiger partial charge in [0.25, 0.3) is 0 Å². The number of aromatic nitrogens is 3. The molecule has 3 saturated heterocycles. The maximum Gasteiger partial charge on any atom is 0.417 e. The highest BCUT2D eigenvalue weighted by atomic mass is 32.2. The van der Waals surface area contributed by atoms with Gasteiger partial charge in [-0.3, -0.25) is 0 Å². The van der Waals surface area contributed by atoms with E-state index in [1.807, 2.05) is 0 Å². The number of hydrogen-bond donors (Lipinski definition) is 2. The fourth-order valence-corrected chi connectivity index (χ4v) is 8.47. The molecule has 2 aliphatic carbocycles. The second kappa shape index (κ2) is 7.48. The topological polar surface area (TPSA) is 123 Å². The van der Waals surface area contributed by atoms with Crippen LogP contribution in [0.4, 0.5) is 18.0 Å². The van der Waals surface area contributed by atoms with Crippen molar-refractivity contribution in [3.05, 3.63) is 41.5 Å². The Hall–Kier alpha value is -2.71. The van der Waals surface area contributed by atoms with Crippen molar-refractivity contribution < 1.29 is 31.5 Å². The predicted octanol–water partition coefficient (Wildman–Crippen LogP) is 2.11. The molecule has 7 rings (SSSR count). The van der Waals surface area contributed by atoms with E-state index in [0.717, 1.165) is 35.1 Å². The Labute approximate surface area is 216 Å². The molecule has 2 amide bonds.